The Bertz CT molecular complexity index is 802. The molecule has 0 saturated heterocycles. The topological polar surface area (TPSA) is 0 Å². The summed E-state index contributed by atoms with van der Waals surface area (Å²) >= 11 is 0. The fraction of sp³-hybridized carbons (Fsp3) is 0.333. The Morgan fingerprint density at radius 2 is 0.963 bits per heavy atom. The Kier molecular flexibility index (Phi) is 6.72. The summed E-state index contributed by atoms with van der Waals surface area (Å²) in [6.07, 6.45) is 0. The zero-order valence-corrected chi connectivity index (χ0v) is 21.4. The van der Waals surface area contributed by atoms with Crippen LogP contribution in [0.25, 0.3) is 10.4 Å². The van der Waals surface area contributed by atoms with Crippen molar-refractivity contribution in [3.63, 3.8) is 0 Å². The van der Waals surface area contributed by atoms with Crippen LogP contribution in [0.3, 0.4) is 0 Å². The summed E-state index contributed by atoms with van der Waals surface area (Å²) in [5.74, 6) is 0. The Labute approximate surface area is 170 Å². The Balaban J connectivity index is 2.66. The Hall–Kier alpha value is -1.43. The van der Waals surface area contributed by atoms with Crippen molar-refractivity contribution in [3.05, 3.63) is 83.2 Å². The van der Waals surface area contributed by atoms with Crippen LogP contribution in [0.1, 0.15) is 11.1 Å². The SMILES string of the molecule is C[Si](C)(C)/C=C(\c1ccccc1)[Si](C)(C)/C=C(\c1ccccc1)[Si](C)(C)C. The molecule has 0 radical (unpaired) electrons. The molecule has 0 N–H and O–H groups in total. The minimum absolute atomic E-state index is 1.33. The Morgan fingerprint density at radius 1 is 0.556 bits per heavy atom. The first-order valence-corrected chi connectivity index (χ1v) is 20.1. The molecule has 0 aromatic heterocycles. The molecule has 2 aromatic rings. The van der Waals surface area contributed by atoms with Crippen molar-refractivity contribution in [2.75, 3.05) is 0 Å². The molecular weight excluding hydrogens is 373 g/mol. The van der Waals surface area contributed by atoms with Crippen LogP contribution in [0, 0.1) is 0 Å². The summed E-state index contributed by atoms with van der Waals surface area (Å²) in [6.45, 7) is 19.8. The molecule has 0 aliphatic carbocycles. The van der Waals surface area contributed by atoms with E-state index < -0.39 is 24.2 Å². The smallest absolute Gasteiger partial charge is 0.0947 e. The van der Waals surface area contributed by atoms with E-state index in [9.17, 15) is 0 Å². The van der Waals surface area contributed by atoms with Crippen molar-refractivity contribution < 1.29 is 0 Å². The van der Waals surface area contributed by atoms with E-state index in [1.807, 2.05) is 0 Å². The summed E-state index contributed by atoms with van der Waals surface area (Å²) in [5, 5.41) is 3.21. The van der Waals surface area contributed by atoms with Crippen molar-refractivity contribution in [1.29, 1.82) is 0 Å². The molecule has 0 unspecified atom stereocenters. The van der Waals surface area contributed by atoms with Gasteiger partial charge in [0.25, 0.3) is 0 Å². The largest absolute Gasteiger partial charge is 0.103 e. The van der Waals surface area contributed by atoms with Gasteiger partial charge < -0.3 is 0 Å². The highest BCUT2D eigenvalue weighted by Crippen LogP contribution is 2.34. The molecule has 2 rings (SSSR count). The van der Waals surface area contributed by atoms with Crippen LogP contribution in [0.5, 0.6) is 0 Å². The summed E-state index contributed by atoms with van der Waals surface area (Å²) in [5.41, 5.74) is 8.18. The molecule has 0 heterocycles. The number of hydrogen-bond acceptors (Lipinski definition) is 0. The van der Waals surface area contributed by atoms with Crippen LogP contribution in [-0.2, 0) is 0 Å². The third-order valence-corrected chi connectivity index (χ3v) is 11.4. The maximum atomic E-state index is 2.70. The molecule has 0 spiro atoms. The molecule has 0 fully saturated rings. The van der Waals surface area contributed by atoms with E-state index in [0.29, 0.717) is 0 Å². The van der Waals surface area contributed by atoms with Crippen LogP contribution < -0.4 is 0 Å². The van der Waals surface area contributed by atoms with Gasteiger partial charge in [0.15, 0.2) is 0 Å². The van der Waals surface area contributed by atoms with E-state index >= 15 is 0 Å². The van der Waals surface area contributed by atoms with E-state index in [0.717, 1.165) is 0 Å². The summed E-state index contributed by atoms with van der Waals surface area (Å²) in [7, 11) is -4.57. The van der Waals surface area contributed by atoms with Crippen molar-refractivity contribution in [3.8, 4) is 0 Å². The lowest BCUT2D eigenvalue weighted by Crippen LogP contribution is -2.33. The van der Waals surface area contributed by atoms with E-state index in [-0.39, 0.29) is 0 Å². The van der Waals surface area contributed by atoms with Gasteiger partial charge in [-0.1, -0.05) is 135 Å². The molecule has 0 saturated carbocycles. The van der Waals surface area contributed by atoms with Crippen LogP contribution >= 0.6 is 0 Å². The number of rotatable bonds is 6. The lowest BCUT2D eigenvalue weighted by Gasteiger charge is -2.31. The fourth-order valence-corrected chi connectivity index (χ4v) is 13.1. The molecule has 3 heteroatoms. The quantitative estimate of drug-likeness (QED) is 0.430. The average molecular weight is 409 g/mol. The second kappa shape index (κ2) is 8.29. The van der Waals surface area contributed by atoms with Crippen LogP contribution in [0.15, 0.2) is 72.1 Å². The first kappa shape index (κ1) is 21.9. The highest BCUT2D eigenvalue weighted by Gasteiger charge is 2.31. The van der Waals surface area contributed by atoms with Gasteiger partial charge >= 0.3 is 0 Å². The summed E-state index contributed by atoms with van der Waals surface area (Å²) in [4.78, 5) is 0. The average Bonchev–Trinajstić information content (AvgIpc) is 2.57. The maximum Gasteiger partial charge on any atom is 0.103 e. The van der Waals surface area contributed by atoms with Crippen molar-refractivity contribution in [2.24, 2.45) is 0 Å². The van der Waals surface area contributed by atoms with E-state index in [1.54, 1.807) is 10.4 Å². The molecule has 27 heavy (non-hydrogen) atoms. The monoisotopic (exact) mass is 408 g/mol. The van der Waals surface area contributed by atoms with Crippen molar-refractivity contribution in [2.45, 2.75) is 52.4 Å². The van der Waals surface area contributed by atoms with Gasteiger partial charge in [-0.3, -0.25) is 0 Å². The number of benzene rings is 2. The highest BCUT2D eigenvalue weighted by molar-refractivity contribution is 7.04. The maximum absolute atomic E-state index is 2.70. The van der Waals surface area contributed by atoms with Crippen molar-refractivity contribution >= 4 is 34.6 Å². The molecule has 0 aliphatic heterocycles. The third-order valence-electron chi connectivity index (χ3n) is 4.75. The molecular formula is C24H36Si3. The highest BCUT2D eigenvalue weighted by atomic mass is 28.3. The standard InChI is InChI=1S/C24H36Si3/c1-25(2,3)19-24(22-17-13-10-14-18-22)27(7,8)20-23(26(4,5)6)21-15-11-9-12-16-21/h9-20H,1-8H3/b23-20+,24-19+. The van der Waals surface area contributed by atoms with Gasteiger partial charge in [-0.2, -0.15) is 0 Å². The lowest BCUT2D eigenvalue weighted by atomic mass is 10.2. The van der Waals surface area contributed by atoms with Crippen LogP contribution in [0.4, 0.5) is 0 Å². The first-order valence-electron chi connectivity index (χ1n) is 9.98. The second-order valence-electron chi connectivity index (χ2n) is 10.2. The van der Waals surface area contributed by atoms with Gasteiger partial charge in [0, 0.05) is 0 Å². The lowest BCUT2D eigenvalue weighted by molar-refractivity contribution is 1.60. The predicted molar refractivity (Wildman–Crippen MR) is 133 cm³/mol. The number of hydrogen-bond donors (Lipinski definition) is 0. The van der Waals surface area contributed by atoms with Gasteiger partial charge in [0.1, 0.15) is 8.07 Å². The molecule has 0 atom stereocenters. The van der Waals surface area contributed by atoms with E-state index in [2.05, 4.69) is 124 Å². The zero-order chi connectivity index (χ0) is 20.3. The van der Waals surface area contributed by atoms with Crippen molar-refractivity contribution in [1.82, 2.24) is 0 Å². The molecule has 0 bridgehead atoms. The van der Waals surface area contributed by atoms with Gasteiger partial charge in [0.2, 0.25) is 0 Å². The summed E-state index contributed by atoms with van der Waals surface area (Å²) < 4.78 is 0. The predicted octanol–water partition coefficient (Wildman–Crippen LogP) is 7.70. The van der Waals surface area contributed by atoms with E-state index in [1.165, 1.54) is 11.1 Å². The minimum Gasteiger partial charge on any atom is -0.0947 e. The molecule has 0 aliphatic rings. The third kappa shape index (κ3) is 6.30. The molecule has 144 valence electrons. The normalized spacial score (nSPS) is 14.4. The van der Waals surface area contributed by atoms with Gasteiger partial charge in [-0.05, 0) is 11.1 Å². The first-order chi connectivity index (χ1) is 12.4. The van der Waals surface area contributed by atoms with Gasteiger partial charge in [0.05, 0.1) is 16.1 Å². The molecule has 2 aromatic carbocycles. The fourth-order valence-electron chi connectivity index (χ4n) is 3.48. The second-order valence-corrected chi connectivity index (χ2v) is 24.5. The van der Waals surface area contributed by atoms with Gasteiger partial charge in [-0.25, -0.2) is 0 Å². The Morgan fingerprint density at radius 3 is 1.33 bits per heavy atom. The molecule has 0 amide bonds. The molecule has 0 nitrogen and oxygen atoms in total. The summed E-state index contributed by atoms with van der Waals surface area (Å²) in [6, 6.07) is 22.1. The van der Waals surface area contributed by atoms with E-state index in [4.69, 9.17) is 0 Å². The minimum atomic E-state index is -1.77. The van der Waals surface area contributed by atoms with Crippen LogP contribution in [0.2, 0.25) is 52.4 Å². The zero-order valence-electron chi connectivity index (χ0n) is 18.4. The van der Waals surface area contributed by atoms with Crippen LogP contribution in [-0.4, -0.2) is 24.2 Å². The van der Waals surface area contributed by atoms with Gasteiger partial charge in [-0.15, -0.1) is 0 Å².